The second kappa shape index (κ2) is 13.6. The van der Waals surface area contributed by atoms with Crippen molar-refractivity contribution in [3.63, 3.8) is 0 Å². The van der Waals surface area contributed by atoms with Crippen molar-refractivity contribution in [3.8, 4) is 17.2 Å². The van der Waals surface area contributed by atoms with Gasteiger partial charge in [0.1, 0.15) is 5.75 Å². The number of rotatable bonds is 11. The maximum absolute atomic E-state index is 12.7. The molecule has 0 saturated heterocycles. The highest BCUT2D eigenvalue weighted by molar-refractivity contribution is 14.0. The van der Waals surface area contributed by atoms with E-state index in [1.54, 1.807) is 6.07 Å². The Morgan fingerprint density at radius 3 is 2.59 bits per heavy atom. The molecule has 0 saturated carbocycles. The zero-order valence-electron chi connectivity index (χ0n) is 17.0. The molecule has 0 fully saturated rings. The van der Waals surface area contributed by atoms with E-state index in [1.165, 1.54) is 6.07 Å². The van der Waals surface area contributed by atoms with Crippen LogP contribution in [0.15, 0.2) is 17.1 Å². The normalized spacial score (nSPS) is 12.9. The molecular weight excluding hydrogens is 499 g/mol. The van der Waals surface area contributed by atoms with Gasteiger partial charge in [-0.2, -0.15) is 8.78 Å². The van der Waals surface area contributed by atoms with E-state index in [0.717, 1.165) is 13.0 Å². The fourth-order valence-corrected chi connectivity index (χ4v) is 2.50. The summed E-state index contributed by atoms with van der Waals surface area (Å²) in [5, 5.41) is 6.33. The van der Waals surface area contributed by atoms with Gasteiger partial charge in [-0.3, -0.25) is 0 Å². The Morgan fingerprint density at radius 1 is 1.21 bits per heavy atom. The Labute approximate surface area is 187 Å². The van der Waals surface area contributed by atoms with E-state index in [-0.39, 0.29) is 43.1 Å². The molecule has 0 bridgehead atoms. The van der Waals surface area contributed by atoms with Crippen LogP contribution < -0.4 is 24.8 Å². The Bertz CT molecular complexity index is 648. The van der Waals surface area contributed by atoms with Crippen molar-refractivity contribution >= 4 is 29.9 Å². The highest BCUT2D eigenvalue weighted by Crippen LogP contribution is 2.38. The van der Waals surface area contributed by atoms with Crippen LogP contribution in [0, 0.1) is 5.92 Å². The number of ether oxygens (including phenoxy) is 4. The third kappa shape index (κ3) is 9.20. The Kier molecular flexibility index (Phi) is 12.0. The number of nitrogens with zero attached hydrogens (tertiary/aromatic N) is 1. The molecule has 0 spiro atoms. The molecule has 166 valence electrons. The molecule has 1 aliphatic rings. The van der Waals surface area contributed by atoms with Gasteiger partial charge >= 0.3 is 6.61 Å². The molecule has 0 unspecified atom stereocenters. The van der Waals surface area contributed by atoms with Gasteiger partial charge in [0, 0.05) is 37.9 Å². The first-order valence-corrected chi connectivity index (χ1v) is 9.46. The largest absolute Gasteiger partial charge is 0.454 e. The van der Waals surface area contributed by atoms with Gasteiger partial charge in [0.25, 0.3) is 0 Å². The molecule has 0 amide bonds. The minimum Gasteiger partial charge on any atom is -0.454 e. The molecule has 0 radical (unpaired) electrons. The average molecular weight is 529 g/mol. The number of nitrogens with one attached hydrogen (secondary N) is 2. The van der Waals surface area contributed by atoms with Crippen LogP contribution in [-0.4, -0.2) is 45.7 Å². The third-order valence-electron chi connectivity index (χ3n) is 3.73. The summed E-state index contributed by atoms with van der Waals surface area (Å²) in [6, 6.07) is 3.03. The van der Waals surface area contributed by atoms with Crippen LogP contribution in [-0.2, 0) is 11.3 Å². The lowest BCUT2D eigenvalue weighted by atomic mass is 10.1. The molecule has 7 nitrogen and oxygen atoms in total. The first kappa shape index (κ1) is 25.5. The number of hydrogen-bond donors (Lipinski definition) is 2. The van der Waals surface area contributed by atoms with Crippen molar-refractivity contribution in [1.29, 1.82) is 0 Å². The second-order valence-electron chi connectivity index (χ2n) is 6.64. The molecule has 10 heteroatoms. The van der Waals surface area contributed by atoms with Crippen molar-refractivity contribution < 1.29 is 27.7 Å². The van der Waals surface area contributed by atoms with Crippen LogP contribution in [0.1, 0.15) is 32.8 Å². The van der Waals surface area contributed by atoms with E-state index < -0.39 is 6.61 Å². The Balaban J connectivity index is 0.00000420. The summed E-state index contributed by atoms with van der Waals surface area (Å²) in [5.74, 6) is 2.01. The summed E-state index contributed by atoms with van der Waals surface area (Å²) in [5.41, 5.74) is 0.488. The molecule has 0 aliphatic carbocycles. The van der Waals surface area contributed by atoms with Gasteiger partial charge in [-0.25, -0.2) is 4.99 Å². The second-order valence-corrected chi connectivity index (χ2v) is 6.64. The maximum atomic E-state index is 12.7. The lowest BCUT2D eigenvalue weighted by Crippen LogP contribution is -2.38. The highest BCUT2D eigenvalue weighted by atomic mass is 127. The molecule has 1 heterocycles. The number of benzene rings is 1. The molecule has 2 N–H and O–H groups in total. The van der Waals surface area contributed by atoms with Gasteiger partial charge in [0.15, 0.2) is 17.5 Å². The zero-order valence-corrected chi connectivity index (χ0v) is 19.3. The van der Waals surface area contributed by atoms with E-state index in [1.807, 2.05) is 6.92 Å². The van der Waals surface area contributed by atoms with Crippen molar-refractivity contribution in [2.75, 3.05) is 33.1 Å². The number of aliphatic imine (C=N–C) groups is 1. The Morgan fingerprint density at radius 2 is 1.93 bits per heavy atom. The van der Waals surface area contributed by atoms with E-state index >= 15 is 0 Å². The van der Waals surface area contributed by atoms with Gasteiger partial charge in [-0.05, 0) is 25.3 Å². The van der Waals surface area contributed by atoms with E-state index in [2.05, 4.69) is 34.2 Å². The number of guanidine groups is 1. The molecule has 1 aromatic rings. The van der Waals surface area contributed by atoms with Gasteiger partial charge in [0.05, 0.1) is 6.54 Å². The maximum Gasteiger partial charge on any atom is 0.387 e. The molecule has 2 rings (SSSR count). The lowest BCUT2D eigenvalue weighted by molar-refractivity contribution is -0.0505. The monoisotopic (exact) mass is 529 g/mol. The van der Waals surface area contributed by atoms with Gasteiger partial charge in [0.2, 0.25) is 6.79 Å². The number of hydrogen-bond acceptors (Lipinski definition) is 5. The first-order chi connectivity index (χ1) is 13.5. The summed E-state index contributed by atoms with van der Waals surface area (Å²) >= 11 is 0. The topological polar surface area (TPSA) is 73.3 Å². The van der Waals surface area contributed by atoms with Gasteiger partial charge < -0.3 is 29.6 Å². The zero-order chi connectivity index (χ0) is 20.4. The standard InChI is InChI=1S/C19H29F2N3O4.HI/c1-4-22-19(23-6-5-7-25-11-13(2)3)24-10-14-8-16-17(27-12-26-16)9-15(14)28-18(20)21;/h8-9,13,18H,4-7,10-12H2,1-3H3,(H2,22,23,24);1H. The minimum absolute atomic E-state index is 0. The molecule has 29 heavy (non-hydrogen) atoms. The lowest BCUT2D eigenvalue weighted by Gasteiger charge is -2.13. The minimum atomic E-state index is -2.93. The molecule has 0 aromatic heterocycles. The fourth-order valence-electron chi connectivity index (χ4n) is 2.50. The Hall–Kier alpha value is -1.56. The van der Waals surface area contributed by atoms with E-state index in [0.29, 0.717) is 48.6 Å². The predicted molar refractivity (Wildman–Crippen MR) is 118 cm³/mol. The molecular formula is C19H30F2IN3O4. The highest BCUT2D eigenvalue weighted by Gasteiger charge is 2.20. The molecule has 0 atom stereocenters. The van der Waals surface area contributed by atoms with Crippen molar-refractivity contribution in [2.45, 2.75) is 40.3 Å². The number of fused-ring (bicyclic) bond motifs is 1. The average Bonchev–Trinajstić information content (AvgIpc) is 3.08. The van der Waals surface area contributed by atoms with Crippen LogP contribution in [0.5, 0.6) is 17.2 Å². The van der Waals surface area contributed by atoms with Crippen LogP contribution >= 0.6 is 24.0 Å². The number of alkyl halides is 2. The quantitative estimate of drug-likeness (QED) is 0.197. The smallest absolute Gasteiger partial charge is 0.387 e. The number of halogens is 3. The molecule has 1 aliphatic heterocycles. The third-order valence-corrected chi connectivity index (χ3v) is 3.73. The summed E-state index contributed by atoms with van der Waals surface area (Å²) in [6.07, 6.45) is 0.834. The van der Waals surface area contributed by atoms with Crippen molar-refractivity contribution in [3.05, 3.63) is 17.7 Å². The SMILES string of the molecule is CCNC(=NCc1cc2c(cc1OC(F)F)OCO2)NCCCOCC(C)C.I. The van der Waals surface area contributed by atoms with Crippen LogP contribution in [0.25, 0.3) is 0 Å². The van der Waals surface area contributed by atoms with Gasteiger partial charge in [-0.15, -0.1) is 24.0 Å². The summed E-state index contributed by atoms with van der Waals surface area (Å²) in [4.78, 5) is 4.46. The first-order valence-electron chi connectivity index (χ1n) is 9.46. The van der Waals surface area contributed by atoms with Crippen LogP contribution in [0.4, 0.5) is 8.78 Å². The summed E-state index contributed by atoms with van der Waals surface area (Å²) in [7, 11) is 0. The fraction of sp³-hybridized carbons (Fsp3) is 0.632. The molecule has 1 aromatic carbocycles. The summed E-state index contributed by atoms with van der Waals surface area (Å²) in [6.45, 7) is 6.21. The van der Waals surface area contributed by atoms with Crippen molar-refractivity contribution in [2.24, 2.45) is 10.9 Å². The van der Waals surface area contributed by atoms with Crippen LogP contribution in [0.2, 0.25) is 0 Å². The summed E-state index contributed by atoms with van der Waals surface area (Å²) < 4.78 is 46.1. The predicted octanol–water partition coefficient (Wildman–Crippen LogP) is 3.75. The van der Waals surface area contributed by atoms with E-state index in [9.17, 15) is 8.78 Å². The van der Waals surface area contributed by atoms with E-state index in [4.69, 9.17) is 14.2 Å². The van der Waals surface area contributed by atoms with Gasteiger partial charge in [-0.1, -0.05) is 13.8 Å². The van der Waals surface area contributed by atoms with Crippen molar-refractivity contribution in [1.82, 2.24) is 10.6 Å². The van der Waals surface area contributed by atoms with Crippen LogP contribution in [0.3, 0.4) is 0 Å².